The number of nitrogens with one attached hydrogen (secondary N) is 1. The van der Waals surface area contributed by atoms with Crippen molar-refractivity contribution in [3.05, 3.63) is 5.82 Å². The smallest absolute Gasteiger partial charge is 0.202 e. The maximum atomic E-state index is 5.58. The van der Waals surface area contributed by atoms with Crippen LogP contribution in [-0.2, 0) is 15.9 Å². The minimum Gasteiger partial charge on any atom is -0.377 e. The average molecular weight is 257 g/mol. The van der Waals surface area contributed by atoms with Crippen LogP contribution in [0.5, 0.6) is 0 Å². The minimum atomic E-state index is 0.115. The zero-order valence-electron chi connectivity index (χ0n) is 10.5. The van der Waals surface area contributed by atoms with Crippen LogP contribution in [0.1, 0.15) is 26.1 Å². The van der Waals surface area contributed by atoms with Gasteiger partial charge in [0.05, 0.1) is 12.1 Å². The molecule has 0 bridgehead atoms. The molecule has 0 unspecified atom stereocenters. The van der Waals surface area contributed by atoms with E-state index in [4.69, 9.17) is 9.47 Å². The van der Waals surface area contributed by atoms with Crippen molar-refractivity contribution >= 4 is 16.7 Å². The van der Waals surface area contributed by atoms with Gasteiger partial charge < -0.3 is 14.8 Å². The van der Waals surface area contributed by atoms with Crippen LogP contribution in [0.25, 0.3) is 0 Å². The molecule has 0 aromatic carbocycles. The Hall–Kier alpha value is -0.720. The van der Waals surface area contributed by atoms with Crippen molar-refractivity contribution in [2.45, 2.75) is 44.9 Å². The third-order valence-corrected chi connectivity index (χ3v) is 3.68. The van der Waals surface area contributed by atoms with Gasteiger partial charge in [-0.05, 0) is 13.3 Å². The highest BCUT2D eigenvalue weighted by atomic mass is 32.1. The Bertz CT molecular complexity index is 358. The Morgan fingerprint density at radius 3 is 2.88 bits per heavy atom. The molecule has 1 heterocycles. The highest BCUT2D eigenvalue weighted by Gasteiger charge is 2.42. The summed E-state index contributed by atoms with van der Waals surface area (Å²) in [6.45, 7) is 4.79. The summed E-state index contributed by atoms with van der Waals surface area (Å²) < 4.78 is 15.3. The molecule has 1 fully saturated rings. The predicted octanol–water partition coefficient (Wildman–Crippen LogP) is 1.70. The van der Waals surface area contributed by atoms with E-state index >= 15 is 0 Å². The fourth-order valence-corrected chi connectivity index (χ4v) is 2.74. The van der Waals surface area contributed by atoms with Gasteiger partial charge >= 0.3 is 0 Å². The summed E-state index contributed by atoms with van der Waals surface area (Å²) in [5.74, 6) is 0.896. The summed E-state index contributed by atoms with van der Waals surface area (Å²) >= 11 is 1.41. The summed E-state index contributed by atoms with van der Waals surface area (Å²) in [5.41, 5.74) is 0. The maximum absolute atomic E-state index is 5.58. The van der Waals surface area contributed by atoms with Crippen molar-refractivity contribution in [1.29, 1.82) is 0 Å². The molecule has 96 valence electrons. The number of anilines is 1. The van der Waals surface area contributed by atoms with E-state index in [0.29, 0.717) is 0 Å². The predicted molar refractivity (Wildman–Crippen MR) is 67.5 cm³/mol. The number of hydrogen-bond acceptors (Lipinski definition) is 6. The van der Waals surface area contributed by atoms with Crippen molar-refractivity contribution in [3.8, 4) is 0 Å². The molecule has 2 rings (SSSR count). The molecule has 1 aromatic rings. The van der Waals surface area contributed by atoms with Crippen LogP contribution < -0.4 is 5.32 Å². The SMILES string of the molecule is CCO[C@@H]1C[C@@H](Nc2nc(CC)ns2)[C@@H]1OC. The van der Waals surface area contributed by atoms with E-state index in [1.165, 1.54) is 11.5 Å². The van der Waals surface area contributed by atoms with Crippen molar-refractivity contribution in [2.24, 2.45) is 0 Å². The Labute approximate surface area is 106 Å². The molecule has 1 aromatic heterocycles. The zero-order valence-corrected chi connectivity index (χ0v) is 11.3. The summed E-state index contributed by atoms with van der Waals surface area (Å²) in [6, 6.07) is 0.286. The van der Waals surface area contributed by atoms with Crippen molar-refractivity contribution in [2.75, 3.05) is 19.0 Å². The highest BCUT2D eigenvalue weighted by Crippen LogP contribution is 2.30. The van der Waals surface area contributed by atoms with E-state index in [1.54, 1.807) is 7.11 Å². The van der Waals surface area contributed by atoms with E-state index in [0.717, 1.165) is 30.4 Å². The fourth-order valence-electron chi connectivity index (χ4n) is 2.03. The molecule has 0 aliphatic heterocycles. The van der Waals surface area contributed by atoms with Gasteiger partial charge in [0, 0.05) is 31.7 Å². The van der Waals surface area contributed by atoms with Crippen LogP contribution in [0.4, 0.5) is 5.13 Å². The van der Waals surface area contributed by atoms with Gasteiger partial charge in [-0.3, -0.25) is 0 Å². The molecule has 1 saturated carbocycles. The monoisotopic (exact) mass is 257 g/mol. The van der Waals surface area contributed by atoms with E-state index in [2.05, 4.69) is 21.6 Å². The first kappa shape index (κ1) is 12.7. The van der Waals surface area contributed by atoms with E-state index in [9.17, 15) is 0 Å². The van der Waals surface area contributed by atoms with Crippen LogP contribution in [-0.4, -0.2) is 41.3 Å². The van der Waals surface area contributed by atoms with Gasteiger partial charge in [-0.15, -0.1) is 0 Å². The topological polar surface area (TPSA) is 56.3 Å². The van der Waals surface area contributed by atoms with Crippen molar-refractivity contribution in [1.82, 2.24) is 9.36 Å². The number of rotatable bonds is 6. The lowest BCUT2D eigenvalue weighted by Gasteiger charge is -2.43. The first-order valence-electron chi connectivity index (χ1n) is 6.02. The summed E-state index contributed by atoms with van der Waals surface area (Å²) in [6.07, 6.45) is 2.16. The van der Waals surface area contributed by atoms with Crippen LogP contribution in [0.2, 0.25) is 0 Å². The standard InChI is InChI=1S/C11H19N3O2S/c1-4-9-13-11(17-14-9)12-7-6-8(16-5-2)10(7)15-3/h7-8,10H,4-6H2,1-3H3,(H,12,13,14)/t7-,8-,10+/m1/s1. The molecule has 0 spiro atoms. The molecule has 0 radical (unpaired) electrons. The van der Waals surface area contributed by atoms with E-state index in [-0.39, 0.29) is 18.2 Å². The van der Waals surface area contributed by atoms with Crippen molar-refractivity contribution < 1.29 is 9.47 Å². The van der Waals surface area contributed by atoms with Gasteiger partial charge in [-0.25, -0.2) is 4.98 Å². The number of nitrogens with zero attached hydrogens (tertiary/aromatic N) is 2. The van der Waals surface area contributed by atoms with E-state index < -0.39 is 0 Å². The average Bonchev–Trinajstić information content (AvgIpc) is 2.76. The normalized spacial score (nSPS) is 27.8. The second kappa shape index (κ2) is 5.75. The summed E-state index contributed by atoms with van der Waals surface area (Å²) in [7, 11) is 1.72. The molecule has 5 nitrogen and oxygen atoms in total. The van der Waals surface area contributed by atoms with Gasteiger partial charge in [0.15, 0.2) is 0 Å². The van der Waals surface area contributed by atoms with Gasteiger partial charge in [0.25, 0.3) is 0 Å². The van der Waals surface area contributed by atoms with Crippen LogP contribution in [0.3, 0.4) is 0 Å². The van der Waals surface area contributed by atoms with Gasteiger partial charge in [0.2, 0.25) is 5.13 Å². The van der Waals surface area contributed by atoms with Crippen LogP contribution in [0.15, 0.2) is 0 Å². The molecular formula is C11H19N3O2S. The lowest BCUT2D eigenvalue weighted by Crippen LogP contribution is -2.56. The second-order valence-electron chi connectivity index (χ2n) is 4.05. The summed E-state index contributed by atoms with van der Waals surface area (Å²) in [4.78, 5) is 4.39. The van der Waals surface area contributed by atoms with Crippen LogP contribution >= 0.6 is 11.5 Å². The van der Waals surface area contributed by atoms with Crippen LogP contribution in [0, 0.1) is 0 Å². The van der Waals surface area contributed by atoms with E-state index in [1.807, 2.05) is 6.92 Å². The number of methoxy groups -OCH3 is 1. The zero-order chi connectivity index (χ0) is 12.3. The quantitative estimate of drug-likeness (QED) is 0.840. The van der Waals surface area contributed by atoms with Gasteiger partial charge in [-0.2, -0.15) is 4.37 Å². The third-order valence-electron chi connectivity index (χ3n) is 3.00. The highest BCUT2D eigenvalue weighted by molar-refractivity contribution is 7.09. The Morgan fingerprint density at radius 1 is 1.47 bits per heavy atom. The molecule has 0 amide bonds. The van der Waals surface area contributed by atoms with Gasteiger partial charge in [0.1, 0.15) is 11.9 Å². The molecular weight excluding hydrogens is 238 g/mol. The number of ether oxygens (including phenoxy) is 2. The first-order valence-corrected chi connectivity index (χ1v) is 6.79. The summed E-state index contributed by atoms with van der Waals surface area (Å²) in [5, 5.41) is 4.24. The molecule has 0 saturated heterocycles. The Kier molecular flexibility index (Phi) is 4.31. The van der Waals surface area contributed by atoms with Gasteiger partial charge in [-0.1, -0.05) is 6.92 Å². The molecule has 1 aliphatic carbocycles. The largest absolute Gasteiger partial charge is 0.377 e. The molecule has 1 N–H and O–H groups in total. The maximum Gasteiger partial charge on any atom is 0.202 e. The lowest BCUT2D eigenvalue weighted by molar-refractivity contribution is -0.118. The Balaban J connectivity index is 1.87. The third kappa shape index (κ3) is 2.75. The van der Waals surface area contributed by atoms with Crippen molar-refractivity contribution in [3.63, 3.8) is 0 Å². The number of aryl methyl sites for hydroxylation is 1. The second-order valence-corrected chi connectivity index (χ2v) is 4.80. The molecule has 1 aliphatic rings. The minimum absolute atomic E-state index is 0.115. The number of aromatic nitrogens is 2. The lowest BCUT2D eigenvalue weighted by atomic mass is 9.85. The Morgan fingerprint density at radius 2 is 2.29 bits per heavy atom. The fraction of sp³-hybridized carbons (Fsp3) is 0.818. The first-order chi connectivity index (χ1) is 8.28. The molecule has 17 heavy (non-hydrogen) atoms. The number of hydrogen-bond donors (Lipinski definition) is 1. The molecule has 6 heteroatoms. The molecule has 3 atom stereocenters.